The fraction of sp³-hybridized carbons (Fsp3) is 0.520. The number of carbonyl (C=O) groups excluding carboxylic acids is 2. The topological polar surface area (TPSA) is 52.6 Å². The second kappa shape index (κ2) is 11.6. The van der Waals surface area contributed by atoms with Gasteiger partial charge in [-0.3, -0.25) is 0 Å². The van der Waals surface area contributed by atoms with E-state index >= 15 is 0 Å². The molecule has 0 bridgehead atoms. The monoisotopic (exact) mass is 398 g/mol. The van der Waals surface area contributed by atoms with Crippen LogP contribution in [0, 0.1) is 17.8 Å². The number of ether oxygens (including phenoxy) is 2. The first kappa shape index (κ1) is 22.9. The molecule has 158 valence electrons. The Balaban J connectivity index is 1.93. The molecule has 0 heterocycles. The summed E-state index contributed by atoms with van der Waals surface area (Å²) in [4.78, 5) is 23.8. The van der Waals surface area contributed by atoms with E-state index in [0.29, 0.717) is 5.92 Å². The Morgan fingerprint density at radius 3 is 2.55 bits per heavy atom. The van der Waals surface area contributed by atoms with Gasteiger partial charge in [0.15, 0.2) is 0 Å². The standard InChI is InChI=1S/C25H34O4/c1-18(2)6-5-7-19(3)24-16-23(14-11-21(24)17-26)29-25(27)15-10-20-8-12-22(28-4)13-9-20/h7-10,12-13,15,17-18,21,23-24H,5-6,11,14,16H2,1-4H3/b15-10+,19-7+/t21-,23-,24?/m1/s1. The van der Waals surface area contributed by atoms with Gasteiger partial charge in [-0.05, 0) is 74.6 Å². The summed E-state index contributed by atoms with van der Waals surface area (Å²) in [6, 6.07) is 7.48. The third kappa shape index (κ3) is 7.52. The van der Waals surface area contributed by atoms with Crippen molar-refractivity contribution < 1.29 is 19.1 Å². The second-order valence-electron chi connectivity index (χ2n) is 8.30. The molecule has 1 aliphatic carbocycles. The van der Waals surface area contributed by atoms with Crippen molar-refractivity contribution in [1.29, 1.82) is 0 Å². The molecule has 0 spiro atoms. The lowest BCUT2D eigenvalue weighted by Gasteiger charge is -2.33. The van der Waals surface area contributed by atoms with Gasteiger partial charge in [-0.1, -0.05) is 37.6 Å². The van der Waals surface area contributed by atoms with Gasteiger partial charge in [0.25, 0.3) is 0 Å². The van der Waals surface area contributed by atoms with Crippen LogP contribution >= 0.6 is 0 Å². The molecule has 3 atom stereocenters. The molecule has 1 saturated carbocycles. The highest BCUT2D eigenvalue weighted by Gasteiger charge is 2.32. The van der Waals surface area contributed by atoms with Crippen LogP contribution in [0.1, 0.15) is 58.4 Å². The smallest absolute Gasteiger partial charge is 0.331 e. The van der Waals surface area contributed by atoms with E-state index in [-0.39, 0.29) is 23.9 Å². The quantitative estimate of drug-likeness (QED) is 0.234. The summed E-state index contributed by atoms with van der Waals surface area (Å²) in [7, 11) is 1.62. The van der Waals surface area contributed by atoms with Gasteiger partial charge in [0.05, 0.1) is 7.11 Å². The maximum atomic E-state index is 12.3. The lowest BCUT2D eigenvalue weighted by Crippen LogP contribution is -2.32. The molecule has 1 fully saturated rings. The summed E-state index contributed by atoms with van der Waals surface area (Å²) in [5.74, 6) is 1.29. The Morgan fingerprint density at radius 2 is 1.93 bits per heavy atom. The predicted octanol–water partition coefficient (Wildman–Crippen LogP) is 5.62. The van der Waals surface area contributed by atoms with Crippen molar-refractivity contribution in [3.63, 3.8) is 0 Å². The minimum Gasteiger partial charge on any atom is -0.497 e. The highest BCUT2D eigenvalue weighted by atomic mass is 16.5. The van der Waals surface area contributed by atoms with Crippen molar-refractivity contribution in [2.75, 3.05) is 7.11 Å². The van der Waals surface area contributed by atoms with Crippen LogP contribution in [0.4, 0.5) is 0 Å². The summed E-state index contributed by atoms with van der Waals surface area (Å²) in [5, 5.41) is 0. The van der Waals surface area contributed by atoms with E-state index in [1.807, 2.05) is 24.3 Å². The summed E-state index contributed by atoms with van der Waals surface area (Å²) >= 11 is 0. The number of hydrogen-bond donors (Lipinski definition) is 0. The van der Waals surface area contributed by atoms with E-state index in [1.54, 1.807) is 13.2 Å². The molecule has 1 unspecified atom stereocenters. The first-order chi connectivity index (χ1) is 13.9. The van der Waals surface area contributed by atoms with E-state index in [2.05, 4.69) is 26.8 Å². The molecule has 4 heteroatoms. The highest BCUT2D eigenvalue weighted by Crippen LogP contribution is 2.35. The van der Waals surface area contributed by atoms with Crippen LogP contribution in [0.3, 0.4) is 0 Å². The Morgan fingerprint density at radius 1 is 1.21 bits per heavy atom. The van der Waals surface area contributed by atoms with Crippen molar-refractivity contribution in [2.45, 2.75) is 59.0 Å². The van der Waals surface area contributed by atoms with Gasteiger partial charge in [-0.25, -0.2) is 4.79 Å². The number of esters is 1. The van der Waals surface area contributed by atoms with Crippen LogP contribution in [-0.2, 0) is 14.3 Å². The van der Waals surface area contributed by atoms with Crippen molar-refractivity contribution >= 4 is 18.3 Å². The van der Waals surface area contributed by atoms with Crippen LogP contribution in [0.2, 0.25) is 0 Å². The van der Waals surface area contributed by atoms with Crippen LogP contribution in [0.25, 0.3) is 6.08 Å². The van der Waals surface area contributed by atoms with Crippen molar-refractivity contribution in [1.82, 2.24) is 0 Å². The molecule has 1 aromatic carbocycles. The maximum absolute atomic E-state index is 12.3. The number of carbonyl (C=O) groups is 2. The molecule has 4 nitrogen and oxygen atoms in total. The molecular weight excluding hydrogens is 364 g/mol. The molecule has 0 saturated heterocycles. The normalized spacial score (nSPS) is 22.7. The molecule has 0 aromatic heterocycles. The zero-order valence-corrected chi connectivity index (χ0v) is 18.1. The molecule has 29 heavy (non-hydrogen) atoms. The van der Waals surface area contributed by atoms with Gasteiger partial charge in [0.1, 0.15) is 18.1 Å². The van der Waals surface area contributed by atoms with Crippen LogP contribution in [0.15, 0.2) is 42.0 Å². The predicted molar refractivity (Wildman–Crippen MR) is 117 cm³/mol. The minimum absolute atomic E-state index is 0.0232. The summed E-state index contributed by atoms with van der Waals surface area (Å²) < 4.78 is 10.8. The lowest BCUT2D eigenvalue weighted by molar-refractivity contribution is -0.145. The first-order valence-corrected chi connectivity index (χ1v) is 10.6. The summed E-state index contributed by atoms with van der Waals surface area (Å²) in [6.45, 7) is 6.54. The van der Waals surface area contributed by atoms with Gasteiger partial charge in [-0.15, -0.1) is 0 Å². The molecule has 1 aromatic rings. The van der Waals surface area contributed by atoms with Gasteiger partial charge in [0.2, 0.25) is 0 Å². The molecule has 0 aliphatic heterocycles. The fourth-order valence-corrected chi connectivity index (χ4v) is 3.83. The van der Waals surface area contributed by atoms with E-state index in [4.69, 9.17) is 9.47 Å². The van der Waals surface area contributed by atoms with Crippen LogP contribution < -0.4 is 4.74 Å². The van der Waals surface area contributed by atoms with Gasteiger partial charge < -0.3 is 14.3 Å². The van der Waals surface area contributed by atoms with E-state index < -0.39 is 0 Å². The van der Waals surface area contributed by atoms with Crippen molar-refractivity contribution in [3.8, 4) is 5.75 Å². The summed E-state index contributed by atoms with van der Waals surface area (Å²) in [5.41, 5.74) is 2.16. The largest absolute Gasteiger partial charge is 0.497 e. The van der Waals surface area contributed by atoms with Gasteiger partial charge in [-0.2, -0.15) is 0 Å². The molecule has 0 radical (unpaired) electrons. The molecule has 1 aliphatic rings. The van der Waals surface area contributed by atoms with Crippen LogP contribution in [-0.4, -0.2) is 25.5 Å². The Bertz CT molecular complexity index is 715. The van der Waals surface area contributed by atoms with E-state index in [1.165, 1.54) is 11.6 Å². The number of benzene rings is 1. The molecule has 0 N–H and O–H groups in total. The lowest BCUT2D eigenvalue weighted by atomic mass is 9.74. The SMILES string of the molecule is COc1ccc(/C=C/C(=O)O[C@@H]2CC[C@H](C=O)C(/C(C)=C/CCC(C)C)C2)cc1. The first-order valence-electron chi connectivity index (χ1n) is 10.6. The van der Waals surface area contributed by atoms with Crippen LogP contribution in [0.5, 0.6) is 5.75 Å². The zero-order chi connectivity index (χ0) is 21.2. The average molecular weight is 399 g/mol. The number of rotatable bonds is 9. The number of allylic oxidation sites excluding steroid dienone is 2. The molecule has 0 amide bonds. The van der Waals surface area contributed by atoms with Crippen molar-refractivity contribution in [2.24, 2.45) is 17.8 Å². The number of aldehydes is 1. The van der Waals surface area contributed by atoms with E-state index in [0.717, 1.165) is 49.7 Å². The maximum Gasteiger partial charge on any atom is 0.331 e. The summed E-state index contributed by atoms with van der Waals surface area (Å²) in [6.07, 6.45) is 10.8. The second-order valence-corrected chi connectivity index (χ2v) is 8.30. The Labute approximate surface area is 175 Å². The Kier molecular flexibility index (Phi) is 9.17. The highest BCUT2D eigenvalue weighted by molar-refractivity contribution is 5.87. The minimum atomic E-state index is -0.337. The molecular formula is C25H34O4. The number of hydrogen-bond acceptors (Lipinski definition) is 4. The van der Waals surface area contributed by atoms with Gasteiger partial charge in [0, 0.05) is 12.0 Å². The average Bonchev–Trinajstić information content (AvgIpc) is 2.72. The van der Waals surface area contributed by atoms with E-state index in [9.17, 15) is 9.59 Å². The third-order valence-corrected chi connectivity index (χ3v) is 5.64. The van der Waals surface area contributed by atoms with Crippen molar-refractivity contribution in [3.05, 3.63) is 47.6 Å². The van der Waals surface area contributed by atoms with Gasteiger partial charge >= 0.3 is 5.97 Å². The fourth-order valence-electron chi connectivity index (χ4n) is 3.83. The Hall–Kier alpha value is -2.36. The number of methoxy groups -OCH3 is 1. The third-order valence-electron chi connectivity index (χ3n) is 5.64. The molecule has 2 rings (SSSR count). The zero-order valence-electron chi connectivity index (χ0n) is 18.1.